The predicted octanol–water partition coefficient (Wildman–Crippen LogP) is 1.62. The maximum absolute atomic E-state index is 11.9. The van der Waals surface area contributed by atoms with Crippen molar-refractivity contribution in [2.45, 2.75) is 19.9 Å². The highest BCUT2D eigenvalue weighted by atomic mass is 16.5. The van der Waals surface area contributed by atoms with Crippen LogP contribution in [0.25, 0.3) is 0 Å². The molecule has 0 aromatic heterocycles. The largest absolute Gasteiger partial charge is 0.504 e. The third kappa shape index (κ3) is 4.18. The first kappa shape index (κ1) is 15.9. The first-order valence-electron chi connectivity index (χ1n) is 6.43. The first-order chi connectivity index (χ1) is 9.63. The fourth-order valence-electron chi connectivity index (χ4n) is 1.71. The second-order valence-corrected chi connectivity index (χ2v) is 3.93. The van der Waals surface area contributed by atoms with Gasteiger partial charge in [0.1, 0.15) is 6.04 Å². The molecule has 0 heterocycles. The summed E-state index contributed by atoms with van der Waals surface area (Å²) in [6, 6.07) is 4.02. The third-order valence-electron chi connectivity index (χ3n) is 2.55. The van der Waals surface area contributed by atoms with Crippen molar-refractivity contribution in [3.05, 3.63) is 23.8 Å². The van der Waals surface area contributed by atoms with Crippen LogP contribution in [-0.4, -0.2) is 30.8 Å². The van der Waals surface area contributed by atoms with E-state index in [1.807, 2.05) is 6.92 Å². The number of aromatic hydroxyl groups is 1. The minimum absolute atomic E-state index is 0.0233. The lowest BCUT2D eigenvalue weighted by atomic mass is 10.1. The molecule has 108 valence electrons. The second kappa shape index (κ2) is 8.08. The minimum atomic E-state index is -0.689. The van der Waals surface area contributed by atoms with E-state index in [0.717, 1.165) is 0 Å². The number of hydrogen-bond donors (Lipinski definition) is 2. The number of phenols is 1. The molecule has 1 aromatic rings. The Kier molecular flexibility index (Phi) is 6.41. The topological polar surface area (TPSA) is 67.8 Å². The van der Waals surface area contributed by atoms with Gasteiger partial charge in [-0.3, -0.25) is 5.32 Å². The molecule has 0 saturated carbocycles. The molecule has 1 unspecified atom stereocenters. The van der Waals surface area contributed by atoms with Crippen LogP contribution in [0.2, 0.25) is 0 Å². The summed E-state index contributed by atoms with van der Waals surface area (Å²) < 4.78 is 10.3. The van der Waals surface area contributed by atoms with Gasteiger partial charge in [-0.1, -0.05) is 12.0 Å². The van der Waals surface area contributed by atoms with Gasteiger partial charge in [0.2, 0.25) is 0 Å². The quantitative estimate of drug-likeness (QED) is 0.585. The van der Waals surface area contributed by atoms with Crippen LogP contribution in [0.5, 0.6) is 11.5 Å². The van der Waals surface area contributed by atoms with Crippen molar-refractivity contribution in [2.75, 3.05) is 19.8 Å². The van der Waals surface area contributed by atoms with E-state index in [4.69, 9.17) is 15.9 Å². The summed E-state index contributed by atoms with van der Waals surface area (Å²) in [5.74, 6) is 2.34. The van der Waals surface area contributed by atoms with Crippen molar-refractivity contribution in [1.82, 2.24) is 5.32 Å². The lowest BCUT2D eigenvalue weighted by Crippen LogP contribution is -2.30. The smallest absolute Gasteiger partial charge is 0.327 e. The Labute approximate surface area is 118 Å². The molecule has 0 aliphatic carbocycles. The van der Waals surface area contributed by atoms with Crippen LogP contribution in [-0.2, 0) is 9.53 Å². The molecular weight excluding hydrogens is 258 g/mol. The fourth-order valence-corrected chi connectivity index (χ4v) is 1.71. The molecule has 0 saturated heterocycles. The number of nitrogens with one attached hydrogen (secondary N) is 1. The summed E-state index contributed by atoms with van der Waals surface area (Å²) in [5.41, 5.74) is 0.625. The van der Waals surface area contributed by atoms with E-state index in [1.165, 1.54) is 6.07 Å². The van der Waals surface area contributed by atoms with Crippen LogP contribution in [0.1, 0.15) is 25.5 Å². The van der Waals surface area contributed by atoms with Crippen LogP contribution in [0, 0.1) is 12.3 Å². The Morgan fingerprint density at radius 1 is 1.45 bits per heavy atom. The summed E-state index contributed by atoms with van der Waals surface area (Å²) in [7, 11) is 0. The summed E-state index contributed by atoms with van der Waals surface area (Å²) in [6.07, 6.45) is 5.20. The zero-order chi connectivity index (χ0) is 15.0. The van der Waals surface area contributed by atoms with E-state index >= 15 is 0 Å². The fraction of sp³-hybridized carbons (Fsp3) is 0.400. The van der Waals surface area contributed by atoms with Crippen molar-refractivity contribution in [2.24, 2.45) is 0 Å². The zero-order valence-corrected chi connectivity index (χ0v) is 11.7. The number of carbonyl (C=O) groups is 1. The second-order valence-electron chi connectivity index (χ2n) is 3.93. The standard InChI is InChI=1S/C15H19NO4/c1-4-9-16-14(15(18)20-6-3)11-7-8-12(17)13(10-11)19-5-2/h1,7-8,10,14,16-17H,5-6,9H2,2-3H3. The molecule has 0 aliphatic rings. The van der Waals surface area contributed by atoms with E-state index in [-0.39, 0.29) is 18.9 Å². The average molecular weight is 277 g/mol. The average Bonchev–Trinajstić information content (AvgIpc) is 2.43. The van der Waals surface area contributed by atoms with Gasteiger partial charge in [-0.2, -0.15) is 0 Å². The van der Waals surface area contributed by atoms with Gasteiger partial charge in [-0.05, 0) is 31.5 Å². The molecule has 0 spiro atoms. The van der Waals surface area contributed by atoms with Crippen molar-refractivity contribution in [1.29, 1.82) is 0 Å². The van der Waals surface area contributed by atoms with Gasteiger partial charge in [0, 0.05) is 0 Å². The molecular formula is C15H19NO4. The van der Waals surface area contributed by atoms with Gasteiger partial charge in [-0.15, -0.1) is 6.42 Å². The van der Waals surface area contributed by atoms with Gasteiger partial charge in [0.15, 0.2) is 11.5 Å². The molecule has 20 heavy (non-hydrogen) atoms. The summed E-state index contributed by atoms with van der Waals surface area (Å²) in [5, 5.41) is 12.6. The van der Waals surface area contributed by atoms with Crippen molar-refractivity contribution >= 4 is 5.97 Å². The molecule has 0 amide bonds. The number of carbonyl (C=O) groups excluding carboxylic acids is 1. The molecule has 0 aliphatic heterocycles. The molecule has 0 radical (unpaired) electrons. The Morgan fingerprint density at radius 3 is 2.80 bits per heavy atom. The Balaban J connectivity index is 3.03. The number of hydrogen-bond acceptors (Lipinski definition) is 5. The lowest BCUT2D eigenvalue weighted by molar-refractivity contribution is -0.145. The molecule has 1 atom stereocenters. The predicted molar refractivity (Wildman–Crippen MR) is 75.5 cm³/mol. The van der Waals surface area contributed by atoms with Gasteiger partial charge in [0.25, 0.3) is 0 Å². The van der Waals surface area contributed by atoms with Gasteiger partial charge in [-0.25, -0.2) is 4.79 Å². The minimum Gasteiger partial charge on any atom is -0.504 e. The molecule has 5 heteroatoms. The zero-order valence-electron chi connectivity index (χ0n) is 11.7. The molecule has 5 nitrogen and oxygen atoms in total. The van der Waals surface area contributed by atoms with E-state index in [9.17, 15) is 9.90 Å². The number of ether oxygens (including phenoxy) is 2. The van der Waals surface area contributed by atoms with E-state index in [0.29, 0.717) is 17.9 Å². The number of rotatable bonds is 7. The summed E-state index contributed by atoms with van der Waals surface area (Å²) >= 11 is 0. The molecule has 1 rings (SSSR count). The molecule has 0 fully saturated rings. The highest BCUT2D eigenvalue weighted by molar-refractivity contribution is 5.78. The number of phenolic OH excluding ortho intramolecular Hbond substituents is 1. The van der Waals surface area contributed by atoms with Gasteiger partial charge >= 0.3 is 5.97 Å². The van der Waals surface area contributed by atoms with Gasteiger partial charge < -0.3 is 14.6 Å². The number of terminal acetylenes is 1. The van der Waals surface area contributed by atoms with Gasteiger partial charge in [0.05, 0.1) is 19.8 Å². The first-order valence-corrected chi connectivity index (χ1v) is 6.43. The Morgan fingerprint density at radius 2 is 2.20 bits per heavy atom. The third-order valence-corrected chi connectivity index (χ3v) is 2.55. The normalized spacial score (nSPS) is 11.4. The van der Waals surface area contributed by atoms with Crippen LogP contribution in [0.4, 0.5) is 0 Å². The van der Waals surface area contributed by atoms with Crippen LogP contribution >= 0.6 is 0 Å². The number of esters is 1. The van der Waals surface area contributed by atoms with Crippen LogP contribution in [0.15, 0.2) is 18.2 Å². The van der Waals surface area contributed by atoms with E-state index in [2.05, 4.69) is 11.2 Å². The van der Waals surface area contributed by atoms with Crippen LogP contribution < -0.4 is 10.1 Å². The molecule has 0 bridgehead atoms. The summed E-state index contributed by atoms with van der Waals surface area (Å²) in [6.45, 7) is 4.47. The summed E-state index contributed by atoms with van der Waals surface area (Å²) in [4.78, 5) is 11.9. The Hall–Kier alpha value is -2.19. The maximum atomic E-state index is 11.9. The SMILES string of the molecule is C#CCNC(C(=O)OCC)c1ccc(O)c(OCC)c1. The van der Waals surface area contributed by atoms with Crippen molar-refractivity contribution < 1.29 is 19.4 Å². The lowest BCUT2D eigenvalue weighted by Gasteiger charge is -2.17. The maximum Gasteiger partial charge on any atom is 0.327 e. The number of benzene rings is 1. The highest BCUT2D eigenvalue weighted by Crippen LogP contribution is 2.29. The van der Waals surface area contributed by atoms with Crippen LogP contribution in [0.3, 0.4) is 0 Å². The van der Waals surface area contributed by atoms with E-state index < -0.39 is 12.0 Å². The van der Waals surface area contributed by atoms with Crippen molar-refractivity contribution in [3.8, 4) is 23.8 Å². The van der Waals surface area contributed by atoms with Crippen molar-refractivity contribution in [3.63, 3.8) is 0 Å². The highest BCUT2D eigenvalue weighted by Gasteiger charge is 2.22. The molecule has 2 N–H and O–H groups in total. The monoisotopic (exact) mass is 277 g/mol. The Bertz CT molecular complexity index is 493. The molecule has 1 aromatic carbocycles. The van der Waals surface area contributed by atoms with E-state index in [1.54, 1.807) is 19.1 Å².